The first-order valence-electron chi connectivity index (χ1n) is 8.92. The molecule has 0 unspecified atom stereocenters. The van der Waals surface area contributed by atoms with E-state index >= 15 is 0 Å². The molecular formula is C20H21NO6S. The molecule has 1 saturated carbocycles. The van der Waals surface area contributed by atoms with Crippen LogP contribution in [0, 0.1) is 15.5 Å². The van der Waals surface area contributed by atoms with Gasteiger partial charge in [0.15, 0.2) is 5.60 Å². The maximum absolute atomic E-state index is 13.0. The number of ether oxygens (including phenoxy) is 1. The van der Waals surface area contributed by atoms with Crippen molar-refractivity contribution in [2.75, 3.05) is 6.61 Å². The minimum Gasteiger partial charge on any atom is -0.465 e. The first kappa shape index (κ1) is 20.2. The van der Waals surface area contributed by atoms with Crippen molar-refractivity contribution in [1.29, 1.82) is 0 Å². The number of benzene rings is 1. The third-order valence-corrected chi connectivity index (χ3v) is 6.46. The van der Waals surface area contributed by atoms with Crippen LogP contribution in [-0.4, -0.2) is 34.4 Å². The van der Waals surface area contributed by atoms with Crippen molar-refractivity contribution in [1.82, 2.24) is 0 Å². The fraction of sp³-hybridized carbons (Fsp3) is 0.400. The van der Waals surface area contributed by atoms with Gasteiger partial charge in [-0.3, -0.25) is 19.7 Å². The van der Waals surface area contributed by atoms with Crippen LogP contribution in [0.15, 0.2) is 47.8 Å². The first-order chi connectivity index (χ1) is 13.3. The molecule has 28 heavy (non-hydrogen) atoms. The number of hydrogen-bond acceptors (Lipinski definition) is 7. The molecule has 7 nitrogen and oxygen atoms in total. The Morgan fingerprint density at radius 1 is 1.29 bits per heavy atom. The summed E-state index contributed by atoms with van der Waals surface area (Å²) in [6, 6.07) is 9.95. The standard InChI is InChI=1S/C20H21NO6S/c1-3-27-18(23)19(13(2)22)12-20(24,14-8-5-4-6-9-14)17(21(25)26)16(19)15-10-7-11-28-15/h4-11,16-17,24H,3,12H2,1-2H3/t16-,17-,19-,20-/m0/s1. The average molecular weight is 403 g/mol. The third kappa shape index (κ3) is 2.93. The molecule has 0 saturated heterocycles. The normalized spacial score (nSPS) is 29.4. The van der Waals surface area contributed by atoms with E-state index in [0.29, 0.717) is 10.4 Å². The van der Waals surface area contributed by atoms with Gasteiger partial charge < -0.3 is 9.84 Å². The number of thiophene rings is 1. The zero-order chi connectivity index (χ0) is 20.5. The van der Waals surface area contributed by atoms with E-state index in [1.807, 2.05) is 0 Å². The lowest BCUT2D eigenvalue weighted by atomic mass is 9.73. The summed E-state index contributed by atoms with van der Waals surface area (Å²) >= 11 is 1.22. The van der Waals surface area contributed by atoms with Crippen molar-refractivity contribution in [3.63, 3.8) is 0 Å². The van der Waals surface area contributed by atoms with Gasteiger partial charge in [0.1, 0.15) is 11.2 Å². The summed E-state index contributed by atoms with van der Waals surface area (Å²) in [6.07, 6.45) is -0.410. The second-order valence-electron chi connectivity index (χ2n) is 6.94. The molecule has 2 aromatic rings. The summed E-state index contributed by atoms with van der Waals surface area (Å²) in [4.78, 5) is 38.0. The van der Waals surface area contributed by atoms with Gasteiger partial charge in [0.2, 0.25) is 0 Å². The van der Waals surface area contributed by atoms with Crippen molar-refractivity contribution in [3.05, 3.63) is 68.4 Å². The highest BCUT2D eigenvalue weighted by Crippen LogP contribution is 2.60. The number of aliphatic hydroxyl groups is 1. The Morgan fingerprint density at radius 3 is 2.46 bits per heavy atom. The SMILES string of the molecule is CCOC(=O)[C@]1(C(C)=O)C[C@](O)(c2ccccc2)[C@@H]([N+](=O)[O-])[C@@H]1c1cccs1. The Labute approximate surface area is 166 Å². The number of carbonyl (C=O) groups excluding carboxylic acids is 2. The highest BCUT2D eigenvalue weighted by Gasteiger charge is 2.73. The van der Waals surface area contributed by atoms with Crippen LogP contribution in [0.3, 0.4) is 0 Å². The minimum atomic E-state index is -2.00. The maximum Gasteiger partial charge on any atom is 0.320 e. The summed E-state index contributed by atoms with van der Waals surface area (Å²) in [5.74, 6) is -2.52. The third-order valence-electron chi connectivity index (χ3n) is 5.50. The Kier molecular flexibility index (Phi) is 5.36. The van der Waals surface area contributed by atoms with Crippen LogP contribution in [0.1, 0.15) is 36.6 Å². The van der Waals surface area contributed by atoms with Gasteiger partial charge in [-0.05, 0) is 30.9 Å². The first-order valence-corrected chi connectivity index (χ1v) is 9.80. The largest absolute Gasteiger partial charge is 0.465 e. The molecule has 1 aromatic carbocycles. The van der Waals surface area contributed by atoms with E-state index in [-0.39, 0.29) is 6.61 Å². The molecule has 1 aliphatic carbocycles. The highest BCUT2D eigenvalue weighted by molar-refractivity contribution is 7.10. The molecule has 0 spiro atoms. The van der Waals surface area contributed by atoms with Gasteiger partial charge in [-0.15, -0.1) is 11.3 Å². The number of Topliss-reactive ketones (excluding diaryl/α,β-unsaturated/α-hetero) is 1. The molecule has 1 aromatic heterocycles. The second-order valence-corrected chi connectivity index (χ2v) is 7.92. The molecule has 1 aliphatic rings. The monoisotopic (exact) mass is 403 g/mol. The van der Waals surface area contributed by atoms with Crippen molar-refractivity contribution in [2.24, 2.45) is 5.41 Å². The lowest BCUT2D eigenvalue weighted by Gasteiger charge is -2.29. The van der Waals surface area contributed by atoms with E-state index in [1.54, 1.807) is 54.8 Å². The van der Waals surface area contributed by atoms with E-state index in [4.69, 9.17) is 4.74 Å². The van der Waals surface area contributed by atoms with E-state index in [1.165, 1.54) is 18.3 Å². The zero-order valence-corrected chi connectivity index (χ0v) is 16.3. The van der Waals surface area contributed by atoms with Crippen LogP contribution in [0.2, 0.25) is 0 Å². The van der Waals surface area contributed by atoms with Crippen LogP contribution in [-0.2, 0) is 19.9 Å². The van der Waals surface area contributed by atoms with Gasteiger partial charge in [0.25, 0.3) is 6.04 Å². The molecule has 0 amide bonds. The smallest absolute Gasteiger partial charge is 0.320 e. The van der Waals surface area contributed by atoms with Gasteiger partial charge in [-0.25, -0.2) is 0 Å². The van der Waals surface area contributed by atoms with Crippen molar-refractivity contribution < 1.29 is 24.4 Å². The fourth-order valence-electron chi connectivity index (χ4n) is 4.29. The van der Waals surface area contributed by atoms with Gasteiger partial charge >= 0.3 is 5.97 Å². The summed E-state index contributed by atoms with van der Waals surface area (Å²) in [5, 5.41) is 25.5. The molecule has 0 aliphatic heterocycles. The number of esters is 1. The summed E-state index contributed by atoms with van der Waals surface area (Å²) in [6.45, 7) is 2.86. The van der Waals surface area contributed by atoms with Gasteiger partial charge in [0.05, 0.1) is 12.5 Å². The fourth-order valence-corrected chi connectivity index (χ4v) is 5.24. The Bertz CT molecular complexity index is 883. The lowest BCUT2D eigenvalue weighted by Crippen LogP contribution is -2.45. The highest BCUT2D eigenvalue weighted by atomic mass is 32.1. The number of rotatable bonds is 6. The number of nitro groups is 1. The molecule has 4 atom stereocenters. The van der Waals surface area contributed by atoms with Crippen LogP contribution in [0.5, 0.6) is 0 Å². The second kappa shape index (κ2) is 7.44. The average Bonchev–Trinajstić information content (AvgIpc) is 3.27. The number of ketones is 1. The van der Waals surface area contributed by atoms with Crippen LogP contribution in [0.25, 0.3) is 0 Å². The molecule has 1 heterocycles. The van der Waals surface area contributed by atoms with Crippen LogP contribution < -0.4 is 0 Å². The van der Waals surface area contributed by atoms with Crippen molar-refractivity contribution in [2.45, 2.75) is 37.8 Å². The zero-order valence-electron chi connectivity index (χ0n) is 15.5. The van der Waals surface area contributed by atoms with Gasteiger partial charge in [0, 0.05) is 16.2 Å². The molecule has 3 rings (SSSR count). The number of carbonyl (C=O) groups is 2. The summed E-state index contributed by atoms with van der Waals surface area (Å²) in [7, 11) is 0. The van der Waals surface area contributed by atoms with E-state index in [9.17, 15) is 24.8 Å². The number of hydrogen-bond donors (Lipinski definition) is 1. The van der Waals surface area contributed by atoms with Gasteiger partial charge in [-0.1, -0.05) is 36.4 Å². The quantitative estimate of drug-likeness (QED) is 0.344. The summed E-state index contributed by atoms with van der Waals surface area (Å²) in [5.41, 5.74) is -3.55. The lowest BCUT2D eigenvalue weighted by molar-refractivity contribution is -0.547. The Hall–Kier alpha value is -2.58. The Morgan fingerprint density at radius 2 is 1.96 bits per heavy atom. The predicted molar refractivity (Wildman–Crippen MR) is 103 cm³/mol. The van der Waals surface area contributed by atoms with E-state index in [0.717, 1.165) is 0 Å². The molecule has 1 N–H and O–H groups in total. The Balaban J connectivity index is 2.31. The molecule has 0 radical (unpaired) electrons. The van der Waals surface area contributed by atoms with Crippen molar-refractivity contribution >= 4 is 23.1 Å². The van der Waals surface area contributed by atoms with E-state index in [2.05, 4.69) is 0 Å². The topological polar surface area (TPSA) is 107 Å². The molecule has 0 bridgehead atoms. The predicted octanol–water partition coefficient (Wildman–Crippen LogP) is 2.91. The molecule has 148 valence electrons. The molecular weight excluding hydrogens is 382 g/mol. The van der Waals surface area contributed by atoms with Crippen molar-refractivity contribution in [3.8, 4) is 0 Å². The molecule has 1 fully saturated rings. The number of nitrogens with zero attached hydrogens (tertiary/aromatic N) is 1. The van der Waals surface area contributed by atoms with E-state index < -0.39 is 46.1 Å². The summed E-state index contributed by atoms with van der Waals surface area (Å²) < 4.78 is 5.19. The maximum atomic E-state index is 13.0. The van der Waals surface area contributed by atoms with Crippen LogP contribution >= 0.6 is 11.3 Å². The molecule has 8 heteroatoms. The van der Waals surface area contributed by atoms with Gasteiger partial charge in [-0.2, -0.15) is 0 Å². The van der Waals surface area contributed by atoms with Crippen LogP contribution in [0.4, 0.5) is 0 Å². The minimum absolute atomic E-state index is 0.0257.